The van der Waals surface area contributed by atoms with Crippen LogP contribution in [0.2, 0.25) is 0 Å². The molecule has 0 bridgehead atoms. The average Bonchev–Trinajstić information content (AvgIpc) is 2.48. The number of nitrogens with one attached hydrogen (secondary N) is 2. The maximum absolute atomic E-state index is 12.2. The van der Waals surface area contributed by atoms with E-state index in [4.69, 9.17) is 4.74 Å². The highest BCUT2D eigenvalue weighted by Crippen LogP contribution is 2.15. The molecular formula is C16H24F3N3O2. The molecule has 2 amide bonds. The molecule has 2 N–H and O–H groups in total. The summed E-state index contributed by atoms with van der Waals surface area (Å²) in [6.45, 7) is 0.510. The zero-order valence-corrected chi connectivity index (χ0v) is 13.9. The van der Waals surface area contributed by atoms with Crippen molar-refractivity contribution in [2.75, 3.05) is 33.8 Å². The van der Waals surface area contributed by atoms with E-state index in [0.29, 0.717) is 26.1 Å². The molecule has 0 saturated heterocycles. The molecule has 0 aromatic heterocycles. The number of carbonyl (C=O) groups is 1. The first-order valence-electron chi connectivity index (χ1n) is 7.64. The maximum atomic E-state index is 12.2. The van der Waals surface area contributed by atoms with E-state index in [1.54, 1.807) is 7.11 Å². The third kappa shape index (κ3) is 9.36. The quantitative estimate of drug-likeness (QED) is 0.675. The molecule has 5 nitrogen and oxygen atoms in total. The molecule has 0 saturated carbocycles. The van der Waals surface area contributed by atoms with Crippen LogP contribution in [0.25, 0.3) is 0 Å². The van der Waals surface area contributed by atoms with Gasteiger partial charge in [0, 0.05) is 20.2 Å². The Morgan fingerprint density at radius 2 is 1.96 bits per heavy atom. The fraction of sp³-hybridized carbons (Fsp3) is 0.562. The van der Waals surface area contributed by atoms with Gasteiger partial charge in [-0.2, -0.15) is 13.2 Å². The summed E-state index contributed by atoms with van der Waals surface area (Å²) >= 11 is 0. The van der Waals surface area contributed by atoms with Crippen LogP contribution in [-0.4, -0.2) is 50.9 Å². The van der Waals surface area contributed by atoms with Gasteiger partial charge < -0.3 is 15.4 Å². The molecular weight excluding hydrogens is 323 g/mol. The van der Waals surface area contributed by atoms with E-state index in [1.807, 2.05) is 24.3 Å². The molecule has 24 heavy (non-hydrogen) atoms. The molecule has 1 rings (SSSR count). The van der Waals surface area contributed by atoms with Crippen LogP contribution in [0, 0.1) is 0 Å². The number of rotatable bonds is 9. The van der Waals surface area contributed by atoms with E-state index < -0.39 is 12.7 Å². The van der Waals surface area contributed by atoms with E-state index in [9.17, 15) is 18.0 Å². The zero-order chi connectivity index (χ0) is 18.0. The fourth-order valence-electron chi connectivity index (χ4n) is 2.18. The number of carbonyl (C=O) groups excluding carboxylic acids is 1. The second-order valence-corrected chi connectivity index (χ2v) is 5.57. The molecule has 1 aromatic rings. The Morgan fingerprint density at radius 1 is 1.25 bits per heavy atom. The van der Waals surface area contributed by atoms with Crippen molar-refractivity contribution < 1.29 is 22.7 Å². The van der Waals surface area contributed by atoms with Gasteiger partial charge in [0.25, 0.3) is 0 Å². The Bertz CT molecular complexity index is 510. The molecule has 0 aliphatic rings. The lowest BCUT2D eigenvalue weighted by Crippen LogP contribution is -2.37. The van der Waals surface area contributed by atoms with Crippen molar-refractivity contribution in [3.63, 3.8) is 0 Å². The number of ether oxygens (including phenoxy) is 1. The Morgan fingerprint density at radius 3 is 2.62 bits per heavy atom. The first-order valence-corrected chi connectivity index (χ1v) is 7.64. The predicted molar refractivity (Wildman–Crippen MR) is 85.6 cm³/mol. The standard InChI is InChI=1S/C16H24F3N3O2/c1-22(12-16(17,18)19)8-4-7-20-15(23)21-10-13-5-3-6-14(9-13)11-24-2/h3,5-6,9H,4,7-8,10-12H2,1-2H3,(H2,20,21,23). The van der Waals surface area contributed by atoms with Crippen molar-refractivity contribution in [1.29, 1.82) is 0 Å². The van der Waals surface area contributed by atoms with Crippen LogP contribution < -0.4 is 10.6 Å². The Kier molecular flexibility index (Phi) is 8.56. The van der Waals surface area contributed by atoms with Gasteiger partial charge in [0.15, 0.2) is 0 Å². The third-order valence-corrected chi connectivity index (χ3v) is 3.21. The van der Waals surface area contributed by atoms with Crippen molar-refractivity contribution >= 4 is 6.03 Å². The molecule has 0 spiro atoms. The first-order chi connectivity index (χ1) is 11.3. The largest absolute Gasteiger partial charge is 0.401 e. The molecule has 136 valence electrons. The van der Waals surface area contributed by atoms with Crippen LogP contribution in [-0.2, 0) is 17.9 Å². The molecule has 0 unspecified atom stereocenters. The molecule has 0 aliphatic heterocycles. The van der Waals surface area contributed by atoms with Gasteiger partial charge >= 0.3 is 12.2 Å². The third-order valence-electron chi connectivity index (χ3n) is 3.21. The first kappa shape index (κ1) is 20.2. The van der Waals surface area contributed by atoms with E-state index in [-0.39, 0.29) is 12.6 Å². The normalized spacial score (nSPS) is 11.6. The summed E-state index contributed by atoms with van der Waals surface area (Å²) in [6.07, 6.45) is -3.75. The van der Waals surface area contributed by atoms with E-state index >= 15 is 0 Å². The summed E-state index contributed by atoms with van der Waals surface area (Å²) in [7, 11) is 3.02. The number of amides is 2. The van der Waals surface area contributed by atoms with Crippen LogP contribution in [0.15, 0.2) is 24.3 Å². The number of urea groups is 1. The fourth-order valence-corrected chi connectivity index (χ4v) is 2.18. The van der Waals surface area contributed by atoms with Crippen LogP contribution in [0.3, 0.4) is 0 Å². The molecule has 0 atom stereocenters. The Hall–Kier alpha value is -1.80. The second-order valence-electron chi connectivity index (χ2n) is 5.57. The summed E-state index contributed by atoms with van der Waals surface area (Å²) in [6, 6.07) is 7.32. The molecule has 0 heterocycles. The molecule has 0 fully saturated rings. The Labute approximate surface area is 140 Å². The van der Waals surface area contributed by atoms with Gasteiger partial charge in [0.05, 0.1) is 13.2 Å². The smallest absolute Gasteiger partial charge is 0.380 e. The van der Waals surface area contributed by atoms with E-state index in [2.05, 4.69) is 10.6 Å². The number of alkyl halides is 3. The highest BCUT2D eigenvalue weighted by Gasteiger charge is 2.28. The number of hydrogen-bond acceptors (Lipinski definition) is 3. The van der Waals surface area contributed by atoms with Crippen LogP contribution >= 0.6 is 0 Å². The minimum Gasteiger partial charge on any atom is -0.380 e. The van der Waals surface area contributed by atoms with Crippen molar-refractivity contribution in [3.8, 4) is 0 Å². The van der Waals surface area contributed by atoms with Gasteiger partial charge in [-0.3, -0.25) is 4.90 Å². The zero-order valence-electron chi connectivity index (χ0n) is 13.9. The van der Waals surface area contributed by atoms with Crippen LogP contribution in [0.1, 0.15) is 17.5 Å². The number of nitrogens with zero attached hydrogens (tertiary/aromatic N) is 1. The minimum absolute atomic E-state index is 0.263. The van der Waals surface area contributed by atoms with Crippen molar-refractivity contribution in [3.05, 3.63) is 35.4 Å². The van der Waals surface area contributed by atoms with Gasteiger partial charge in [-0.15, -0.1) is 0 Å². The van der Waals surface area contributed by atoms with Gasteiger partial charge in [0.2, 0.25) is 0 Å². The molecule has 0 radical (unpaired) electrons. The molecule has 1 aromatic carbocycles. The van der Waals surface area contributed by atoms with Crippen LogP contribution in [0.4, 0.5) is 18.0 Å². The second kappa shape index (κ2) is 10.1. The van der Waals surface area contributed by atoms with E-state index in [1.165, 1.54) is 11.9 Å². The monoisotopic (exact) mass is 347 g/mol. The molecule has 8 heteroatoms. The maximum Gasteiger partial charge on any atom is 0.401 e. The summed E-state index contributed by atoms with van der Waals surface area (Å²) in [5.41, 5.74) is 1.97. The number of methoxy groups -OCH3 is 1. The predicted octanol–water partition coefficient (Wildman–Crippen LogP) is 2.52. The lowest BCUT2D eigenvalue weighted by molar-refractivity contribution is -0.143. The van der Waals surface area contributed by atoms with Gasteiger partial charge in [-0.05, 0) is 31.1 Å². The van der Waals surface area contributed by atoms with Crippen molar-refractivity contribution in [2.45, 2.75) is 25.7 Å². The summed E-state index contributed by atoms with van der Waals surface area (Å²) < 4.78 is 41.5. The number of hydrogen-bond donors (Lipinski definition) is 2. The van der Waals surface area contributed by atoms with Crippen LogP contribution in [0.5, 0.6) is 0 Å². The number of halogens is 3. The van der Waals surface area contributed by atoms with E-state index in [0.717, 1.165) is 11.1 Å². The topological polar surface area (TPSA) is 53.6 Å². The summed E-state index contributed by atoms with van der Waals surface area (Å²) in [4.78, 5) is 12.8. The lowest BCUT2D eigenvalue weighted by atomic mass is 10.1. The highest BCUT2D eigenvalue weighted by atomic mass is 19.4. The average molecular weight is 347 g/mol. The number of benzene rings is 1. The Balaban J connectivity index is 2.19. The summed E-state index contributed by atoms with van der Waals surface area (Å²) in [5, 5.41) is 5.34. The molecule has 0 aliphatic carbocycles. The van der Waals surface area contributed by atoms with Gasteiger partial charge in [0.1, 0.15) is 0 Å². The highest BCUT2D eigenvalue weighted by molar-refractivity contribution is 5.73. The minimum atomic E-state index is -4.20. The van der Waals surface area contributed by atoms with Gasteiger partial charge in [-0.1, -0.05) is 24.3 Å². The SMILES string of the molecule is COCc1cccc(CNC(=O)NCCCN(C)CC(F)(F)F)c1. The van der Waals surface area contributed by atoms with Gasteiger partial charge in [-0.25, -0.2) is 4.79 Å². The summed E-state index contributed by atoms with van der Waals surface area (Å²) in [5.74, 6) is 0. The van der Waals surface area contributed by atoms with Crippen molar-refractivity contribution in [1.82, 2.24) is 15.5 Å². The lowest BCUT2D eigenvalue weighted by Gasteiger charge is -2.18. The van der Waals surface area contributed by atoms with Crippen molar-refractivity contribution in [2.24, 2.45) is 0 Å².